The quantitative estimate of drug-likeness (QED) is 0.122. The average molecular weight is 1550 g/mol. The van der Waals surface area contributed by atoms with E-state index in [-0.39, 0.29) is 5.41 Å². The van der Waals surface area contributed by atoms with Crippen molar-refractivity contribution in [3.8, 4) is 124 Å². The number of hydrogen-bond acceptors (Lipinski definition) is 5. The molecule has 6 aromatic heterocycles. The van der Waals surface area contributed by atoms with Gasteiger partial charge in [0.25, 0.3) is 0 Å². The van der Waals surface area contributed by atoms with Crippen LogP contribution in [0.25, 0.3) is 211 Å². The maximum Gasteiger partial charge on any atom is 0.164 e. The van der Waals surface area contributed by atoms with Crippen molar-refractivity contribution in [2.75, 3.05) is 0 Å². The summed E-state index contributed by atoms with van der Waals surface area (Å²) in [6, 6.07) is 149. The minimum absolute atomic E-state index is 0.122. The van der Waals surface area contributed by atoms with E-state index in [0.717, 1.165) is 84.4 Å². The van der Waals surface area contributed by atoms with Gasteiger partial charge in [0.15, 0.2) is 23.3 Å². The minimum Gasteiger partial charge on any atom is -0.309 e. The maximum atomic E-state index is 5.30. The van der Waals surface area contributed by atoms with Crippen LogP contribution in [0.1, 0.15) is 25.0 Å². The first-order valence-electron chi connectivity index (χ1n) is 41.3. The second-order valence-electron chi connectivity index (χ2n) is 31.8. The van der Waals surface area contributed by atoms with Gasteiger partial charge >= 0.3 is 0 Å². The maximum absolute atomic E-state index is 5.30. The molecule has 1 aliphatic carbocycles. The third-order valence-corrected chi connectivity index (χ3v) is 24.5. The Balaban J connectivity index is 0.000000142. The van der Waals surface area contributed by atoms with Gasteiger partial charge in [0.2, 0.25) is 0 Å². The lowest BCUT2D eigenvalue weighted by Crippen LogP contribution is -2.15. The Hall–Kier alpha value is -16.0. The number of para-hydroxylation sites is 6. The second-order valence-corrected chi connectivity index (χ2v) is 31.8. The fourth-order valence-electron chi connectivity index (χ4n) is 19.0. The van der Waals surface area contributed by atoms with Crippen LogP contribution >= 0.6 is 0 Å². The highest BCUT2D eigenvalue weighted by Gasteiger charge is 2.36. The SMILES string of the molecule is CC1(C)c2ccccc2-c2ccc(-c3nc(-c4ccccc4)cc(-c4ccc(-n5c6ccccc6c6c(-c7ccc8c(c7)c7ccccc7n8-c7ccccc7)cccc65)cc4)n3)cc21.c1ccc(-c2nc(-c3ccccc3)nc(-c3ccc(-n4c5ccccc5c5c(-c6cccc7c6c6ccccc6n7-c6ccccc6)cccc54)cc3)n2)cc1. The zero-order valence-corrected chi connectivity index (χ0v) is 66.4. The van der Waals surface area contributed by atoms with Crippen LogP contribution in [0.15, 0.2) is 419 Å². The molecule has 0 saturated heterocycles. The molecular weight excluding hydrogens is 1470 g/mol. The van der Waals surface area contributed by atoms with Crippen LogP contribution < -0.4 is 0 Å². The molecule has 24 rings (SSSR count). The molecule has 121 heavy (non-hydrogen) atoms. The average Bonchev–Trinajstić information content (AvgIpc) is 1.58. The smallest absolute Gasteiger partial charge is 0.164 e. The van der Waals surface area contributed by atoms with E-state index >= 15 is 0 Å². The molecule has 9 nitrogen and oxygen atoms in total. The Bertz CT molecular complexity index is 7940. The molecule has 0 atom stereocenters. The van der Waals surface area contributed by atoms with Crippen LogP contribution in [-0.4, -0.2) is 43.2 Å². The molecule has 0 radical (unpaired) electrons. The number of benzene rings is 17. The molecule has 23 aromatic rings. The van der Waals surface area contributed by atoms with Crippen molar-refractivity contribution in [3.63, 3.8) is 0 Å². The Morgan fingerprint density at radius 2 is 0.496 bits per heavy atom. The van der Waals surface area contributed by atoms with Crippen molar-refractivity contribution in [1.29, 1.82) is 0 Å². The van der Waals surface area contributed by atoms with Crippen molar-refractivity contribution < 1.29 is 0 Å². The van der Waals surface area contributed by atoms with E-state index < -0.39 is 0 Å². The molecule has 0 aliphatic heterocycles. The van der Waals surface area contributed by atoms with E-state index in [9.17, 15) is 0 Å². The van der Waals surface area contributed by atoms with Gasteiger partial charge in [0.1, 0.15) is 0 Å². The lowest BCUT2D eigenvalue weighted by Gasteiger charge is -2.21. The molecule has 17 aromatic carbocycles. The number of hydrogen-bond donors (Lipinski definition) is 0. The fraction of sp³-hybridized carbons (Fsp3) is 0.0268. The lowest BCUT2D eigenvalue weighted by atomic mass is 9.82. The first-order chi connectivity index (χ1) is 59.8. The summed E-state index contributed by atoms with van der Waals surface area (Å²) in [5.74, 6) is 2.65. The van der Waals surface area contributed by atoms with Gasteiger partial charge in [-0.15, -0.1) is 0 Å². The zero-order chi connectivity index (χ0) is 80.2. The van der Waals surface area contributed by atoms with Crippen LogP contribution in [0.5, 0.6) is 0 Å². The minimum atomic E-state index is -0.122. The fourth-order valence-corrected chi connectivity index (χ4v) is 19.0. The zero-order valence-electron chi connectivity index (χ0n) is 66.4. The summed E-state index contributed by atoms with van der Waals surface area (Å²) in [4.78, 5) is 25.3. The summed E-state index contributed by atoms with van der Waals surface area (Å²) < 4.78 is 9.55. The second kappa shape index (κ2) is 28.7. The van der Waals surface area contributed by atoms with Crippen molar-refractivity contribution in [2.45, 2.75) is 19.3 Å². The van der Waals surface area contributed by atoms with Crippen molar-refractivity contribution in [1.82, 2.24) is 43.2 Å². The van der Waals surface area contributed by atoms with E-state index in [1.54, 1.807) is 0 Å². The Morgan fingerprint density at radius 3 is 0.992 bits per heavy atom. The number of nitrogens with zero attached hydrogens (tertiary/aromatic N) is 9. The van der Waals surface area contributed by atoms with Gasteiger partial charge in [-0.25, -0.2) is 24.9 Å². The molecule has 0 spiro atoms. The molecule has 0 bridgehead atoms. The van der Waals surface area contributed by atoms with Gasteiger partial charge in [-0.05, 0) is 172 Å². The van der Waals surface area contributed by atoms with Crippen LogP contribution in [-0.2, 0) is 5.41 Å². The normalized spacial score (nSPS) is 12.3. The highest BCUT2D eigenvalue weighted by molar-refractivity contribution is 6.23. The van der Waals surface area contributed by atoms with E-state index in [0.29, 0.717) is 17.5 Å². The summed E-state index contributed by atoms with van der Waals surface area (Å²) in [6.07, 6.45) is 0. The standard InChI is InChI=1S/C61H42N4.C51H33N5/c1-61(2)51-24-12-9-20-46(51)47-34-30-42(37-52(47)61)60-62-53(39-16-5-3-6-17-39)38-54(63-60)40-28-32-44(33-29-40)65-56-26-14-11-22-49(56)59-45(23-15-27-58(59)65)41-31-35-57-50(36-41)48-21-10-13-25-55(48)64(57)43-18-7-4-8-19-43;1-4-16-34(17-5-1)49-52-50(35-18-6-2-7-19-35)54-51(53-49)36-30-32-38(33-31-36)56-44-27-13-11-23-42(44)48-40(25-15-29-46(48)56)39-24-14-28-45-47(39)41-22-10-12-26-43(41)55(45)37-20-8-3-9-21-37/h3-38H,1-2H3;1-33H. The summed E-state index contributed by atoms with van der Waals surface area (Å²) in [5.41, 5.74) is 31.6. The summed E-state index contributed by atoms with van der Waals surface area (Å²) in [6.45, 7) is 4.64. The third kappa shape index (κ3) is 11.8. The Kier molecular flexibility index (Phi) is 16.7. The predicted molar refractivity (Wildman–Crippen MR) is 500 cm³/mol. The first-order valence-corrected chi connectivity index (χ1v) is 41.3. The topological polar surface area (TPSA) is 84.2 Å². The van der Waals surface area contributed by atoms with Gasteiger partial charge in [-0.1, -0.05) is 305 Å². The lowest BCUT2D eigenvalue weighted by molar-refractivity contribution is 0.660. The third-order valence-electron chi connectivity index (χ3n) is 24.5. The van der Waals surface area contributed by atoms with Crippen molar-refractivity contribution in [3.05, 3.63) is 430 Å². The van der Waals surface area contributed by atoms with Crippen molar-refractivity contribution >= 4 is 87.2 Å². The largest absolute Gasteiger partial charge is 0.309 e. The molecule has 9 heteroatoms. The molecule has 0 saturated carbocycles. The van der Waals surface area contributed by atoms with Crippen LogP contribution in [0.3, 0.4) is 0 Å². The van der Waals surface area contributed by atoms with Crippen molar-refractivity contribution in [2.24, 2.45) is 0 Å². The first kappa shape index (κ1) is 70.4. The highest BCUT2D eigenvalue weighted by Crippen LogP contribution is 2.51. The molecule has 6 heterocycles. The molecule has 568 valence electrons. The highest BCUT2D eigenvalue weighted by atomic mass is 15.0. The van der Waals surface area contributed by atoms with Gasteiger partial charge in [-0.3, -0.25) is 0 Å². The monoisotopic (exact) mass is 1550 g/mol. The summed E-state index contributed by atoms with van der Waals surface area (Å²) in [7, 11) is 0. The van der Waals surface area contributed by atoms with E-state index in [4.69, 9.17) is 24.9 Å². The van der Waals surface area contributed by atoms with E-state index in [1.165, 1.54) is 121 Å². The number of aromatic nitrogens is 9. The van der Waals surface area contributed by atoms with Crippen LogP contribution in [0.4, 0.5) is 0 Å². The van der Waals surface area contributed by atoms with E-state index in [2.05, 4.69) is 384 Å². The van der Waals surface area contributed by atoms with Gasteiger partial charge in [0, 0.05) is 105 Å². The Morgan fingerprint density at radius 1 is 0.182 bits per heavy atom. The van der Waals surface area contributed by atoms with Crippen LogP contribution in [0.2, 0.25) is 0 Å². The van der Waals surface area contributed by atoms with Gasteiger partial charge in [-0.2, -0.15) is 0 Å². The molecule has 0 N–H and O–H groups in total. The number of fused-ring (bicyclic) bond motifs is 15. The summed E-state index contributed by atoms with van der Waals surface area (Å²) >= 11 is 0. The molecule has 0 amide bonds. The Labute approximate surface area is 699 Å². The summed E-state index contributed by atoms with van der Waals surface area (Å²) in [5, 5.41) is 9.89. The number of rotatable bonds is 12. The molecule has 0 fully saturated rings. The molecule has 1 aliphatic rings. The van der Waals surface area contributed by atoms with E-state index in [1.807, 2.05) is 66.7 Å². The predicted octanol–water partition coefficient (Wildman–Crippen LogP) is 28.4. The van der Waals surface area contributed by atoms with Gasteiger partial charge < -0.3 is 18.3 Å². The molecular formula is C112H75N9. The molecule has 0 unspecified atom stereocenters. The van der Waals surface area contributed by atoms with Crippen LogP contribution in [0, 0.1) is 0 Å². The van der Waals surface area contributed by atoms with Gasteiger partial charge in [0.05, 0.1) is 55.5 Å².